The molecule has 1 aliphatic rings. The third-order valence-corrected chi connectivity index (χ3v) is 6.32. The Morgan fingerprint density at radius 2 is 1.94 bits per heavy atom. The van der Waals surface area contributed by atoms with E-state index in [9.17, 15) is 9.59 Å². The Balaban J connectivity index is 1.34. The van der Waals surface area contributed by atoms with Crippen LogP contribution in [0, 0.1) is 0 Å². The second-order valence-corrected chi connectivity index (χ2v) is 8.61. The predicted molar refractivity (Wildman–Crippen MR) is 121 cm³/mol. The van der Waals surface area contributed by atoms with Gasteiger partial charge in [0, 0.05) is 29.5 Å². The van der Waals surface area contributed by atoms with Crippen LogP contribution in [0.25, 0.3) is 6.08 Å². The van der Waals surface area contributed by atoms with Crippen LogP contribution in [0.1, 0.15) is 51.0 Å². The molecule has 1 aromatic carbocycles. The van der Waals surface area contributed by atoms with E-state index in [-0.39, 0.29) is 17.5 Å². The summed E-state index contributed by atoms with van der Waals surface area (Å²) < 4.78 is 5.31. The summed E-state index contributed by atoms with van der Waals surface area (Å²) in [6.45, 7) is 0.500. The monoisotopic (exact) mass is 435 g/mol. The first-order valence-electron chi connectivity index (χ1n) is 10.6. The number of nitrogens with zero attached hydrogens (tertiary/aromatic N) is 1. The highest BCUT2D eigenvalue weighted by molar-refractivity contribution is 7.11. The number of fused-ring (bicyclic) bond motifs is 1. The summed E-state index contributed by atoms with van der Waals surface area (Å²) in [5, 5.41) is 6.74. The second-order valence-electron chi connectivity index (χ2n) is 7.44. The van der Waals surface area contributed by atoms with Crippen LogP contribution in [0.3, 0.4) is 0 Å². The van der Waals surface area contributed by atoms with Crippen LogP contribution in [0.5, 0.6) is 0 Å². The van der Waals surface area contributed by atoms with Gasteiger partial charge in [0.1, 0.15) is 11.5 Å². The van der Waals surface area contributed by atoms with E-state index in [2.05, 4.69) is 10.6 Å². The Labute approximate surface area is 185 Å². The maximum Gasteiger partial charge on any atom is 0.267 e. The second kappa shape index (κ2) is 10.2. The van der Waals surface area contributed by atoms with Gasteiger partial charge in [-0.3, -0.25) is 9.59 Å². The Bertz CT molecular complexity index is 1030. The normalized spacial score (nSPS) is 13.5. The van der Waals surface area contributed by atoms with Crippen molar-refractivity contribution in [1.29, 1.82) is 0 Å². The zero-order valence-corrected chi connectivity index (χ0v) is 18.0. The molecule has 0 aliphatic heterocycles. The third-order valence-electron chi connectivity index (χ3n) is 5.10. The van der Waals surface area contributed by atoms with E-state index in [1.54, 1.807) is 47.7 Å². The van der Waals surface area contributed by atoms with Crippen LogP contribution in [0.2, 0.25) is 0 Å². The molecule has 0 saturated carbocycles. The number of amides is 2. The van der Waals surface area contributed by atoms with Gasteiger partial charge in [0.25, 0.3) is 11.8 Å². The van der Waals surface area contributed by atoms with Crippen LogP contribution < -0.4 is 10.6 Å². The number of benzene rings is 1. The zero-order chi connectivity index (χ0) is 21.5. The number of hydrogen-bond donors (Lipinski definition) is 2. The maximum absolute atomic E-state index is 12.8. The van der Waals surface area contributed by atoms with E-state index in [1.807, 2.05) is 6.07 Å². The first kappa shape index (κ1) is 21.1. The molecule has 31 heavy (non-hydrogen) atoms. The summed E-state index contributed by atoms with van der Waals surface area (Å²) in [6.07, 6.45) is 9.40. The molecule has 160 valence electrons. The zero-order valence-electron chi connectivity index (χ0n) is 17.2. The number of aromatic nitrogens is 1. The van der Waals surface area contributed by atoms with Crippen molar-refractivity contribution in [3.05, 3.63) is 81.3 Å². The molecule has 3 aromatic rings. The average molecular weight is 436 g/mol. The number of nitrogens with one attached hydrogen (secondary N) is 2. The predicted octanol–water partition coefficient (Wildman–Crippen LogP) is 4.13. The first-order chi connectivity index (χ1) is 15.2. The van der Waals surface area contributed by atoms with Crippen molar-refractivity contribution in [2.75, 3.05) is 6.54 Å². The van der Waals surface area contributed by atoms with Gasteiger partial charge in [0.05, 0.1) is 17.0 Å². The Hall–Kier alpha value is -3.19. The summed E-state index contributed by atoms with van der Waals surface area (Å²) in [6, 6.07) is 12.3. The van der Waals surface area contributed by atoms with Gasteiger partial charge in [0.15, 0.2) is 0 Å². The van der Waals surface area contributed by atoms with Gasteiger partial charge in [-0.2, -0.15) is 0 Å². The van der Waals surface area contributed by atoms with Gasteiger partial charge in [-0.1, -0.05) is 18.2 Å². The number of thiazole rings is 1. The van der Waals surface area contributed by atoms with E-state index in [4.69, 9.17) is 9.40 Å². The molecule has 6 nitrogen and oxygen atoms in total. The molecular formula is C24H25N3O3S. The lowest BCUT2D eigenvalue weighted by molar-refractivity contribution is -0.117. The van der Waals surface area contributed by atoms with Crippen molar-refractivity contribution < 1.29 is 14.0 Å². The summed E-state index contributed by atoms with van der Waals surface area (Å²) in [5.41, 5.74) is 1.89. The minimum Gasteiger partial charge on any atom is -0.465 e. The number of furan rings is 1. The molecule has 0 bridgehead atoms. The van der Waals surface area contributed by atoms with Gasteiger partial charge in [0.2, 0.25) is 0 Å². The van der Waals surface area contributed by atoms with Crippen LogP contribution in [0.15, 0.2) is 58.8 Å². The van der Waals surface area contributed by atoms with Gasteiger partial charge in [-0.15, -0.1) is 11.3 Å². The quantitative estimate of drug-likeness (QED) is 0.412. The number of carbonyl (C=O) groups excluding carboxylic acids is 2. The molecule has 2 aromatic heterocycles. The summed E-state index contributed by atoms with van der Waals surface area (Å²) in [5.74, 6) is -0.201. The lowest BCUT2D eigenvalue weighted by atomic mass is 10.0. The summed E-state index contributed by atoms with van der Waals surface area (Å²) >= 11 is 1.80. The SMILES string of the molecule is O=C(NCCCc1nc2c(s1)CCCC2)/C(=C/c1ccco1)NC(=O)c1ccccc1. The summed E-state index contributed by atoms with van der Waals surface area (Å²) in [4.78, 5) is 31.5. The molecule has 1 aliphatic carbocycles. The molecule has 7 heteroatoms. The smallest absolute Gasteiger partial charge is 0.267 e. The molecule has 4 rings (SSSR count). The van der Waals surface area contributed by atoms with Crippen molar-refractivity contribution in [2.45, 2.75) is 38.5 Å². The van der Waals surface area contributed by atoms with Crippen molar-refractivity contribution in [3.63, 3.8) is 0 Å². The number of aryl methyl sites for hydroxylation is 3. The van der Waals surface area contributed by atoms with Crippen LogP contribution in [-0.4, -0.2) is 23.3 Å². The summed E-state index contributed by atoms with van der Waals surface area (Å²) in [7, 11) is 0. The van der Waals surface area contributed by atoms with Gasteiger partial charge < -0.3 is 15.1 Å². The lowest BCUT2D eigenvalue weighted by Crippen LogP contribution is -2.35. The van der Waals surface area contributed by atoms with Crippen molar-refractivity contribution in [3.8, 4) is 0 Å². The fraction of sp³-hybridized carbons (Fsp3) is 0.292. The van der Waals surface area contributed by atoms with Crippen LogP contribution in [-0.2, 0) is 24.1 Å². The van der Waals surface area contributed by atoms with Gasteiger partial charge in [-0.05, 0) is 56.4 Å². The number of hydrogen-bond acceptors (Lipinski definition) is 5. The van der Waals surface area contributed by atoms with Gasteiger partial charge >= 0.3 is 0 Å². The van der Waals surface area contributed by atoms with Crippen LogP contribution in [0.4, 0.5) is 0 Å². The minimum atomic E-state index is -0.348. The van der Waals surface area contributed by atoms with Crippen molar-refractivity contribution in [1.82, 2.24) is 15.6 Å². The van der Waals surface area contributed by atoms with E-state index in [0.717, 1.165) is 30.7 Å². The first-order valence-corrected chi connectivity index (χ1v) is 11.4. The Kier molecular flexibility index (Phi) is 6.94. The number of rotatable bonds is 8. The molecule has 0 radical (unpaired) electrons. The van der Waals surface area contributed by atoms with Crippen molar-refractivity contribution >= 4 is 29.2 Å². The molecule has 0 atom stereocenters. The highest BCUT2D eigenvalue weighted by Crippen LogP contribution is 2.27. The lowest BCUT2D eigenvalue weighted by Gasteiger charge is -2.10. The fourth-order valence-electron chi connectivity index (χ4n) is 3.51. The highest BCUT2D eigenvalue weighted by atomic mass is 32.1. The Morgan fingerprint density at radius 3 is 2.71 bits per heavy atom. The molecule has 0 unspecified atom stereocenters. The van der Waals surface area contributed by atoms with E-state index in [0.29, 0.717) is 17.9 Å². The van der Waals surface area contributed by atoms with Gasteiger partial charge in [-0.25, -0.2) is 4.98 Å². The number of carbonyl (C=O) groups is 2. The largest absolute Gasteiger partial charge is 0.465 e. The highest BCUT2D eigenvalue weighted by Gasteiger charge is 2.16. The average Bonchev–Trinajstić information content (AvgIpc) is 3.46. The molecule has 2 heterocycles. The Morgan fingerprint density at radius 1 is 1.10 bits per heavy atom. The molecule has 0 spiro atoms. The molecule has 0 saturated heterocycles. The minimum absolute atomic E-state index is 0.147. The topological polar surface area (TPSA) is 84.2 Å². The molecular weight excluding hydrogens is 410 g/mol. The van der Waals surface area contributed by atoms with Crippen LogP contribution >= 0.6 is 11.3 Å². The maximum atomic E-state index is 12.8. The van der Waals surface area contributed by atoms with E-state index < -0.39 is 0 Å². The standard InChI is InChI=1S/C24H25N3O3S/c28-23(17-8-2-1-3-9-17)27-20(16-18-10-7-15-30-18)24(29)25-14-6-13-22-26-19-11-4-5-12-21(19)31-22/h1-3,7-10,15-16H,4-6,11-14H2,(H,25,29)(H,27,28)/b20-16-. The molecule has 0 fully saturated rings. The molecule has 2 amide bonds. The van der Waals surface area contributed by atoms with Crippen molar-refractivity contribution in [2.24, 2.45) is 0 Å². The molecule has 2 N–H and O–H groups in total. The third kappa shape index (κ3) is 5.70. The van der Waals surface area contributed by atoms with E-state index >= 15 is 0 Å². The fourth-order valence-corrected chi connectivity index (χ4v) is 4.71. The van der Waals surface area contributed by atoms with E-state index in [1.165, 1.54) is 35.8 Å².